The van der Waals surface area contributed by atoms with Crippen molar-refractivity contribution in [2.75, 3.05) is 0 Å². The zero-order chi connectivity index (χ0) is 22.9. The minimum atomic E-state index is -1.29. The molecular formula is C24H26BrN5OS. The molecule has 0 aliphatic carbocycles. The van der Waals surface area contributed by atoms with E-state index in [-0.39, 0.29) is 6.04 Å². The molecule has 0 aliphatic heterocycles. The van der Waals surface area contributed by atoms with Crippen LogP contribution < -0.4 is 4.72 Å². The molecular weight excluding hydrogens is 486 g/mol. The summed E-state index contributed by atoms with van der Waals surface area (Å²) in [5, 5.41) is 5.68. The molecule has 32 heavy (non-hydrogen) atoms. The van der Waals surface area contributed by atoms with Crippen LogP contribution >= 0.6 is 15.9 Å². The molecule has 1 aromatic carbocycles. The molecule has 3 aromatic heterocycles. The zero-order valence-corrected chi connectivity index (χ0v) is 20.9. The average Bonchev–Trinajstić information content (AvgIpc) is 3.19. The molecule has 4 rings (SSSR count). The number of aryl methyl sites for hydroxylation is 1. The van der Waals surface area contributed by atoms with E-state index in [9.17, 15) is 4.21 Å². The number of pyridine rings is 2. The molecule has 3 heterocycles. The topological polar surface area (TPSA) is 72.7 Å². The van der Waals surface area contributed by atoms with Crippen LogP contribution in [-0.4, -0.2) is 28.7 Å². The number of nitrogens with one attached hydrogen (secondary N) is 1. The van der Waals surface area contributed by atoms with Gasteiger partial charge < -0.3 is 0 Å². The fourth-order valence-electron chi connectivity index (χ4n) is 3.46. The molecule has 0 aliphatic rings. The summed E-state index contributed by atoms with van der Waals surface area (Å²) < 4.78 is 18.7. The van der Waals surface area contributed by atoms with E-state index >= 15 is 0 Å². The predicted octanol–water partition coefficient (Wildman–Crippen LogP) is 5.22. The largest absolute Gasteiger partial charge is 0.257 e. The van der Waals surface area contributed by atoms with Gasteiger partial charge >= 0.3 is 0 Å². The number of hydrogen-bond donors (Lipinski definition) is 1. The van der Waals surface area contributed by atoms with Crippen LogP contribution in [0.2, 0.25) is 0 Å². The van der Waals surface area contributed by atoms with Gasteiger partial charge in [0, 0.05) is 23.7 Å². The third-order valence-electron chi connectivity index (χ3n) is 5.22. The van der Waals surface area contributed by atoms with Gasteiger partial charge in [-0.3, -0.25) is 4.98 Å². The summed E-state index contributed by atoms with van der Waals surface area (Å²) in [6, 6.07) is 15.6. The molecule has 0 saturated heterocycles. The van der Waals surface area contributed by atoms with E-state index in [1.165, 1.54) is 0 Å². The third-order valence-corrected chi connectivity index (χ3v) is 7.28. The molecule has 6 nitrogen and oxygen atoms in total. The lowest BCUT2D eigenvalue weighted by molar-refractivity contribution is 0.580. The Morgan fingerprint density at radius 1 is 1.12 bits per heavy atom. The number of rotatable bonds is 6. The summed E-state index contributed by atoms with van der Waals surface area (Å²) in [4.78, 5) is 9.41. The minimum absolute atomic E-state index is 0.324. The fourth-order valence-corrected chi connectivity index (χ4v) is 4.62. The SMILES string of the molecule is Cc1ccc(Br)nc1C[C@H](N[S@@](=O)C(C)(C)C)c1ncccc1-n1ncc2ccccc21. The van der Waals surface area contributed by atoms with Gasteiger partial charge in [-0.15, -0.1) is 0 Å². The van der Waals surface area contributed by atoms with Crippen LogP contribution in [0.1, 0.15) is 43.8 Å². The standard InChI is InChI=1S/C24H26BrN5OS/c1-16-11-12-22(25)28-18(16)14-19(29-32(31)24(2,3)4)23-21(10-7-13-26-23)30-20-9-6-5-8-17(20)15-27-30/h5-13,15,19,29H,14H2,1-4H3/t19-,32-/m0/s1. The van der Waals surface area contributed by atoms with Crippen LogP contribution in [0.4, 0.5) is 0 Å². The van der Waals surface area contributed by atoms with Crippen molar-refractivity contribution in [3.05, 3.63) is 82.5 Å². The van der Waals surface area contributed by atoms with Crippen LogP contribution in [-0.2, 0) is 17.4 Å². The van der Waals surface area contributed by atoms with E-state index in [2.05, 4.69) is 30.7 Å². The second-order valence-corrected chi connectivity index (χ2v) is 11.5. The van der Waals surface area contributed by atoms with Crippen molar-refractivity contribution < 1.29 is 4.21 Å². The molecule has 4 aromatic rings. The van der Waals surface area contributed by atoms with Gasteiger partial charge in [-0.05, 0) is 73.5 Å². The van der Waals surface area contributed by atoms with Crippen molar-refractivity contribution in [1.82, 2.24) is 24.5 Å². The highest BCUT2D eigenvalue weighted by atomic mass is 79.9. The first-order valence-electron chi connectivity index (χ1n) is 10.4. The van der Waals surface area contributed by atoms with Gasteiger partial charge in [0.05, 0.1) is 44.9 Å². The molecule has 0 fully saturated rings. The van der Waals surface area contributed by atoms with E-state index in [0.717, 1.165) is 38.1 Å². The van der Waals surface area contributed by atoms with Crippen LogP contribution in [0.25, 0.3) is 16.6 Å². The predicted molar refractivity (Wildman–Crippen MR) is 133 cm³/mol. The monoisotopic (exact) mass is 511 g/mol. The smallest absolute Gasteiger partial charge is 0.106 e. The maximum Gasteiger partial charge on any atom is 0.106 e. The second kappa shape index (κ2) is 9.21. The van der Waals surface area contributed by atoms with Gasteiger partial charge in [-0.1, -0.05) is 24.3 Å². The van der Waals surface area contributed by atoms with Gasteiger partial charge in [0.15, 0.2) is 0 Å². The number of benzene rings is 1. The van der Waals surface area contributed by atoms with Gasteiger partial charge in [-0.2, -0.15) is 5.10 Å². The molecule has 8 heteroatoms. The Morgan fingerprint density at radius 3 is 2.69 bits per heavy atom. The highest BCUT2D eigenvalue weighted by molar-refractivity contribution is 9.10. The summed E-state index contributed by atoms with van der Waals surface area (Å²) in [5.74, 6) is 0. The van der Waals surface area contributed by atoms with Crippen LogP contribution in [0.15, 0.2) is 65.5 Å². The maximum absolute atomic E-state index is 13.1. The molecule has 0 saturated carbocycles. The Labute approximate surface area is 199 Å². The summed E-state index contributed by atoms with van der Waals surface area (Å²) >= 11 is 3.48. The molecule has 0 unspecified atom stereocenters. The molecule has 2 atom stereocenters. The minimum Gasteiger partial charge on any atom is -0.257 e. The van der Waals surface area contributed by atoms with E-state index in [0.29, 0.717) is 6.42 Å². The number of fused-ring (bicyclic) bond motifs is 1. The summed E-state index contributed by atoms with van der Waals surface area (Å²) in [7, 11) is -1.29. The van der Waals surface area contributed by atoms with Crippen molar-refractivity contribution in [2.24, 2.45) is 0 Å². The van der Waals surface area contributed by atoms with Crippen molar-refractivity contribution in [3.63, 3.8) is 0 Å². The van der Waals surface area contributed by atoms with E-state index in [4.69, 9.17) is 4.98 Å². The first-order valence-corrected chi connectivity index (χ1v) is 12.4. The summed E-state index contributed by atoms with van der Waals surface area (Å²) in [6.45, 7) is 7.90. The molecule has 0 amide bonds. The Kier molecular flexibility index (Phi) is 6.55. The number of nitrogens with zero attached hydrogens (tertiary/aromatic N) is 4. The lowest BCUT2D eigenvalue weighted by atomic mass is 10.0. The fraction of sp³-hybridized carbons (Fsp3) is 0.292. The zero-order valence-electron chi connectivity index (χ0n) is 18.5. The number of para-hydroxylation sites is 1. The van der Waals surface area contributed by atoms with Crippen molar-refractivity contribution in [1.29, 1.82) is 0 Å². The molecule has 0 spiro atoms. The number of halogens is 1. The van der Waals surface area contributed by atoms with Crippen molar-refractivity contribution in [2.45, 2.75) is 44.9 Å². The number of aromatic nitrogens is 4. The first kappa shape index (κ1) is 22.8. The van der Waals surface area contributed by atoms with Crippen molar-refractivity contribution >= 4 is 37.8 Å². The Balaban J connectivity index is 1.83. The van der Waals surface area contributed by atoms with Gasteiger partial charge in [0.1, 0.15) is 4.60 Å². The maximum atomic E-state index is 13.1. The normalized spacial score (nSPS) is 13.9. The molecule has 166 valence electrons. The lowest BCUT2D eigenvalue weighted by Gasteiger charge is -2.25. The van der Waals surface area contributed by atoms with Crippen LogP contribution in [0.5, 0.6) is 0 Å². The quantitative estimate of drug-likeness (QED) is 0.360. The van der Waals surface area contributed by atoms with Crippen molar-refractivity contribution in [3.8, 4) is 5.69 Å². The second-order valence-electron chi connectivity index (χ2n) is 8.68. The highest BCUT2D eigenvalue weighted by Crippen LogP contribution is 2.28. The Morgan fingerprint density at radius 2 is 1.91 bits per heavy atom. The van der Waals surface area contributed by atoms with Gasteiger partial charge in [0.2, 0.25) is 0 Å². The molecule has 0 bridgehead atoms. The third kappa shape index (κ3) is 4.82. The van der Waals surface area contributed by atoms with E-state index in [1.54, 1.807) is 6.20 Å². The van der Waals surface area contributed by atoms with Crippen LogP contribution in [0, 0.1) is 6.92 Å². The summed E-state index contributed by atoms with van der Waals surface area (Å²) in [5.41, 5.74) is 4.62. The van der Waals surface area contributed by atoms with E-state index in [1.807, 2.05) is 87.1 Å². The lowest BCUT2D eigenvalue weighted by Crippen LogP contribution is -2.37. The average molecular weight is 512 g/mol. The number of hydrogen-bond acceptors (Lipinski definition) is 4. The Bertz CT molecular complexity index is 1280. The Hall–Kier alpha value is -2.42. The highest BCUT2D eigenvalue weighted by Gasteiger charge is 2.27. The van der Waals surface area contributed by atoms with Gasteiger partial charge in [0.25, 0.3) is 0 Å². The molecule has 1 N–H and O–H groups in total. The van der Waals surface area contributed by atoms with Gasteiger partial charge in [-0.25, -0.2) is 18.6 Å². The van der Waals surface area contributed by atoms with E-state index < -0.39 is 15.7 Å². The van der Waals surface area contributed by atoms with Crippen LogP contribution in [0.3, 0.4) is 0 Å². The molecule has 0 radical (unpaired) electrons. The summed E-state index contributed by atoms with van der Waals surface area (Å²) in [6.07, 6.45) is 4.15. The first-order chi connectivity index (χ1) is 15.2.